The summed E-state index contributed by atoms with van der Waals surface area (Å²) < 4.78 is 13.5. The van der Waals surface area contributed by atoms with Crippen molar-refractivity contribution in [3.8, 4) is 21.6 Å². The lowest BCUT2D eigenvalue weighted by atomic mass is 10.0. The molecule has 8 heteroatoms. The molecule has 4 nitrogen and oxygen atoms in total. The summed E-state index contributed by atoms with van der Waals surface area (Å²) in [6, 6.07) is 7.48. The van der Waals surface area contributed by atoms with Crippen LogP contribution in [-0.4, -0.2) is 10.9 Å². The highest BCUT2D eigenvalue weighted by molar-refractivity contribution is 7.18. The maximum Gasteiger partial charge on any atom is 0.258 e. The molecule has 3 rings (SSSR count). The Hall–Kier alpha value is -2.46. The van der Waals surface area contributed by atoms with Gasteiger partial charge in [0.05, 0.1) is 11.4 Å². The molecular weight excluding hydrogens is 384 g/mol. The van der Waals surface area contributed by atoms with E-state index in [0.29, 0.717) is 26.6 Å². The van der Waals surface area contributed by atoms with Crippen LogP contribution in [0.3, 0.4) is 0 Å². The van der Waals surface area contributed by atoms with Gasteiger partial charge in [0.2, 0.25) is 11.6 Å². The Balaban J connectivity index is 2.35. The second kappa shape index (κ2) is 6.81. The summed E-state index contributed by atoms with van der Waals surface area (Å²) in [7, 11) is 0. The Morgan fingerprint density at radius 2 is 2.04 bits per heavy atom. The number of pyridine rings is 1. The Labute approximate surface area is 156 Å². The van der Waals surface area contributed by atoms with Crippen LogP contribution in [0.2, 0.25) is 10.0 Å². The topological polar surface area (TPSA) is 60.3 Å². The lowest BCUT2D eigenvalue weighted by Gasteiger charge is -2.06. The number of primary amides is 1. The number of carbonyl (C=O) groups is 1. The molecule has 0 atom stereocenters. The molecule has 2 N–H and O–H groups in total. The van der Waals surface area contributed by atoms with Gasteiger partial charge in [-0.3, -0.25) is 4.79 Å². The fraction of sp³-hybridized carbons (Fsp3) is 0. The van der Waals surface area contributed by atoms with E-state index in [1.807, 2.05) is 0 Å². The van der Waals surface area contributed by atoms with Crippen LogP contribution in [0.4, 0.5) is 10.1 Å². The molecule has 0 fully saturated rings. The van der Waals surface area contributed by atoms with E-state index in [2.05, 4.69) is 9.83 Å². The largest absolute Gasteiger partial charge is 0.365 e. The van der Waals surface area contributed by atoms with Gasteiger partial charge in [-0.2, -0.15) is 4.39 Å². The van der Waals surface area contributed by atoms with Gasteiger partial charge in [-0.15, -0.1) is 11.3 Å². The van der Waals surface area contributed by atoms with E-state index in [0.717, 1.165) is 11.3 Å². The van der Waals surface area contributed by atoms with Gasteiger partial charge in [-0.1, -0.05) is 29.3 Å². The van der Waals surface area contributed by atoms with Gasteiger partial charge in [0.25, 0.3) is 5.91 Å². The minimum absolute atomic E-state index is 0.169. The average molecular weight is 392 g/mol. The van der Waals surface area contributed by atoms with Crippen LogP contribution in [0, 0.1) is 12.5 Å². The van der Waals surface area contributed by atoms with E-state index in [4.69, 9.17) is 35.5 Å². The second-order valence-corrected chi connectivity index (χ2v) is 6.82. The molecule has 3 aromatic rings. The molecule has 124 valence electrons. The molecule has 0 bridgehead atoms. The first-order valence-electron chi connectivity index (χ1n) is 6.83. The summed E-state index contributed by atoms with van der Waals surface area (Å²) in [6.45, 7) is 7.55. The lowest BCUT2D eigenvalue weighted by Crippen LogP contribution is -2.09. The van der Waals surface area contributed by atoms with Gasteiger partial charge in [-0.25, -0.2) is 9.83 Å². The highest BCUT2D eigenvalue weighted by atomic mass is 35.5. The van der Waals surface area contributed by atoms with Crippen molar-refractivity contribution >= 4 is 46.1 Å². The maximum absolute atomic E-state index is 13.5. The Morgan fingerprint density at radius 3 is 2.64 bits per heavy atom. The number of thiophene rings is 1. The molecule has 0 spiro atoms. The first kappa shape index (κ1) is 17.4. The Kier molecular flexibility index (Phi) is 4.73. The molecule has 2 heterocycles. The number of aromatic nitrogens is 1. The van der Waals surface area contributed by atoms with Crippen molar-refractivity contribution < 1.29 is 9.18 Å². The molecule has 25 heavy (non-hydrogen) atoms. The van der Waals surface area contributed by atoms with Crippen LogP contribution in [-0.2, 0) is 0 Å². The third-order valence-electron chi connectivity index (χ3n) is 3.41. The fourth-order valence-corrected chi connectivity index (χ4v) is 3.99. The summed E-state index contributed by atoms with van der Waals surface area (Å²) in [5.74, 6) is -1.38. The van der Waals surface area contributed by atoms with Crippen molar-refractivity contribution in [1.82, 2.24) is 4.98 Å². The molecule has 0 unspecified atom stereocenters. The standard InChI is InChI=1S/C17H8Cl2FN3OS/c1-22-14-13(10-3-2-9(18)7-11(10)19)16(17(21)24)25-15(14)8-4-5-23-12(20)6-8/h2-7H,(H2,21,24). The predicted octanol–water partition coefficient (Wildman–Crippen LogP) is 5.57. The van der Waals surface area contributed by atoms with Gasteiger partial charge in [-0.05, 0) is 29.3 Å². The van der Waals surface area contributed by atoms with E-state index in [-0.39, 0.29) is 15.6 Å². The summed E-state index contributed by atoms with van der Waals surface area (Å²) in [6.07, 6.45) is 1.29. The second-order valence-electron chi connectivity index (χ2n) is 4.95. The maximum atomic E-state index is 13.5. The summed E-state index contributed by atoms with van der Waals surface area (Å²) in [4.78, 5) is 19.6. The number of rotatable bonds is 3. The normalized spacial score (nSPS) is 10.5. The number of nitrogens with zero attached hydrogens (tertiary/aromatic N) is 2. The van der Waals surface area contributed by atoms with Crippen LogP contribution < -0.4 is 5.73 Å². The molecule has 0 saturated heterocycles. The zero-order chi connectivity index (χ0) is 18.1. The molecule has 0 aliphatic carbocycles. The van der Waals surface area contributed by atoms with Crippen molar-refractivity contribution in [2.75, 3.05) is 0 Å². The van der Waals surface area contributed by atoms with Crippen molar-refractivity contribution in [2.24, 2.45) is 5.73 Å². The van der Waals surface area contributed by atoms with E-state index < -0.39 is 11.9 Å². The first-order valence-corrected chi connectivity index (χ1v) is 8.41. The van der Waals surface area contributed by atoms with E-state index in [1.54, 1.807) is 18.2 Å². The molecule has 1 amide bonds. The number of benzene rings is 1. The van der Waals surface area contributed by atoms with Gasteiger partial charge >= 0.3 is 0 Å². The summed E-state index contributed by atoms with van der Waals surface area (Å²) in [5.41, 5.74) is 6.88. The molecule has 0 aliphatic rings. The van der Waals surface area contributed by atoms with Crippen LogP contribution >= 0.6 is 34.5 Å². The highest BCUT2D eigenvalue weighted by Crippen LogP contribution is 2.49. The quantitative estimate of drug-likeness (QED) is 0.468. The third-order valence-corrected chi connectivity index (χ3v) is 5.20. The summed E-state index contributed by atoms with van der Waals surface area (Å²) in [5, 5.41) is 0.704. The SMILES string of the molecule is [C-]#[N+]c1c(-c2ccnc(F)c2)sc(C(N)=O)c1-c1ccc(Cl)cc1Cl. The van der Waals surface area contributed by atoms with E-state index in [9.17, 15) is 9.18 Å². The molecule has 0 radical (unpaired) electrons. The smallest absolute Gasteiger partial charge is 0.258 e. The van der Waals surface area contributed by atoms with Crippen LogP contribution in [0.25, 0.3) is 26.4 Å². The van der Waals surface area contributed by atoms with Crippen molar-refractivity contribution in [3.63, 3.8) is 0 Å². The van der Waals surface area contributed by atoms with Gasteiger partial charge in [0.1, 0.15) is 0 Å². The van der Waals surface area contributed by atoms with Gasteiger partial charge in [0, 0.05) is 32.7 Å². The fourth-order valence-electron chi connectivity index (χ4n) is 2.38. The number of carbonyl (C=O) groups excluding carboxylic acids is 1. The minimum atomic E-state index is -0.698. The number of halogens is 3. The average Bonchev–Trinajstić information content (AvgIpc) is 2.94. The van der Waals surface area contributed by atoms with E-state index in [1.165, 1.54) is 18.3 Å². The van der Waals surface area contributed by atoms with Crippen LogP contribution in [0.5, 0.6) is 0 Å². The molecule has 0 aliphatic heterocycles. The number of hydrogen-bond acceptors (Lipinski definition) is 3. The van der Waals surface area contributed by atoms with Crippen molar-refractivity contribution in [1.29, 1.82) is 0 Å². The van der Waals surface area contributed by atoms with Crippen LogP contribution in [0.1, 0.15) is 9.67 Å². The highest BCUT2D eigenvalue weighted by Gasteiger charge is 2.25. The van der Waals surface area contributed by atoms with Crippen molar-refractivity contribution in [3.05, 3.63) is 68.8 Å². The zero-order valence-electron chi connectivity index (χ0n) is 12.4. The van der Waals surface area contributed by atoms with Gasteiger partial charge in [0.15, 0.2) is 0 Å². The first-order chi connectivity index (χ1) is 11.9. The van der Waals surface area contributed by atoms with Crippen molar-refractivity contribution in [2.45, 2.75) is 0 Å². The molecule has 2 aromatic heterocycles. The summed E-state index contributed by atoms with van der Waals surface area (Å²) >= 11 is 13.2. The number of nitrogens with two attached hydrogens (primary N) is 1. The molecular formula is C17H8Cl2FN3OS. The van der Waals surface area contributed by atoms with Gasteiger partial charge < -0.3 is 5.73 Å². The third kappa shape index (κ3) is 3.22. The lowest BCUT2D eigenvalue weighted by molar-refractivity contribution is 0.100. The number of amides is 1. The van der Waals surface area contributed by atoms with E-state index >= 15 is 0 Å². The predicted molar refractivity (Wildman–Crippen MR) is 97.7 cm³/mol. The van der Waals surface area contributed by atoms with Crippen LogP contribution in [0.15, 0.2) is 36.5 Å². The molecule has 0 saturated carbocycles. The number of hydrogen-bond donors (Lipinski definition) is 1. The zero-order valence-corrected chi connectivity index (χ0v) is 14.7. The monoisotopic (exact) mass is 391 g/mol. The Morgan fingerprint density at radius 1 is 1.28 bits per heavy atom. The Bertz CT molecular complexity index is 1040. The molecule has 1 aromatic carbocycles. The minimum Gasteiger partial charge on any atom is -0.365 e.